The van der Waals surface area contributed by atoms with E-state index in [0.29, 0.717) is 6.42 Å². The van der Waals surface area contributed by atoms with E-state index in [1.54, 1.807) is 12.4 Å². The van der Waals surface area contributed by atoms with Gasteiger partial charge in [-0.25, -0.2) is 0 Å². The maximum Gasteiger partial charge on any atom is 0.127 e. The second kappa shape index (κ2) is 6.32. The molecule has 0 spiro atoms. The van der Waals surface area contributed by atoms with E-state index in [1.165, 1.54) is 0 Å². The van der Waals surface area contributed by atoms with Crippen LogP contribution in [0.5, 0.6) is 5.75 Å². The van der Waals surface area contributed by atoms with E-state index in [4.69, 9.17) is 9.98 Å². The minimum absolute atomic E-state index is 0.270. The van der Waals surface area contributed by atoms with E-state index in [2.05, 4.69) is 4.98 Å². The lowest BCUT2D eigenvalue weighted by atomic mass is 9.98. The molecule has 4 heteroatoms. The van der Waals surface area contributed by atoms with E-state index in [-0.39, 0.29) is 5.75 Å². The maximum absolute atomic E-state index is 10.5. The fourth-order valence-corrected chi connectivity index (χ4v) is 2.93. The number of fused-ring (bicyclic) bond motifs is 1. The second-order valence-electron chi connectivity index (χ2n) is 6.00. The third-order valence-electron chi connectivity index (χ3n) is 4.27. The molecule has 1 N–H and O–H groups in total. The topological polar surface area (TPSA) is 57.8 Å². The standard InChI is InChI=1S/C21H17N3O/c1-14-6-4-8-16(21(14)25)20-12-19(15-7-5-11-22-13-15)23-17-9-2-3-10-18(17)24-20/h2-11,13,25H,12H2,1H3. The zero-order valence-corrected chi connectivity index (χ0v) is 13.8. The number of hydrogen-bond donors (Lipinski definition) is 1. The molecule has 4 rings (SSSR count). The molecule has 1 aromatic heterocycles. The maximum atomic E-state index is 10.5. The lowest BCUT2D eigenvalue weighted by Crippen LogP contribution is -2.10. The van der Waals surface area contributed by atoms with Crippen molar-refractivity contribution in [3.8, 4) is 5.75 Å². The van der Waals surface area contributed by atoms with Gasteiger partial charge in [-0.05, 0) is 36.8 Å². The van der Waals surface area contributed by atoms with Gasteiger partial charge in [0.25, 0.3) is 0 Å². The molecular formula is C21H17N3O. The number of aromatic hydroxyl groups is 1. The Labute approximate surface area is 146 Å². The zero-order chi connectivity index (χ0) is 17.2. The van der Waals surface area contributed by atoms with Crippen molar-refractivity contribution in [2.45, 2.75) is 13.3 Å². The molecule has 0 atom stereocenters. The summed E-state index contributed by atoms with van der Waals surface area (Å²) in [7, 11) is 0. The molecule has 0 amide bonds. The number of hydrogen-bond acceptors (Lipinski definition) is 4. The molecule has 0 saturated heterocycles. The number of nitrogens with zero attached hydrogens (tertiary/aromatic N) is 3. The molecule has 2 aromatic carbocycles. The van der Waals surface area contributed by atoms with Crippen LogP contribution in [0.4, 0.5) is 11.4 Å². The van der Waals surface area contributed by atoms with Crippen LogP contribution in [0.2, 0.25) is 0 Å². The summed E-state index contributed by atoms with van der Waals surface area (Å²) in [5.41, 5.74) is 5.84. The molecule has 0 aliphatic carbocycles. The fourth-order valence-electron chi connectivity index (χ4n) is 2.93. The van der Waals surface area contributed by atoms with Crippen molar-refractivity contribution < 1.29 is 5.11 Å². The van der Waals surface area contributed by atoms with Gasteiger partial charge in [0.1, 0.15) is 5.75 Å². The van der Waals surface area contributed by atoms with Gasteiger partial charge in [0.15, 0.2) is 0 Å². The van der Waals surface area contributed by atoms with Gasteiger partial charge >= 0.3 is 0 Å². The number of aromatic nitrogens is 1. The molecule has 122 valence electrons. The summed E-state index contributed by atoms with van der Waals surface area (Å²) >= 11 is 0. The zero-order valence-electron chi connectivity index (χ0n) is 13.8. The monoisotopic (exact) mass is 327 g/mol. The van der Waals surface area contributed by atoms with Crippen LogP contribution in [-0.2, 0) is 0 Å². The number of benzene rings is 2. The molecule has 0 saturated carbocycles. The third-order valence-corrected chi connectivity index (χ3v) is 4.27. The first-order valence-electron chi connectivity index (χ1n) is 8.16. The Bertz CT molecular complexity index is 991. The van der Waals surface area contributed by atoms with E-state index >= 15 is 0 Å². The molecule has 0 fully saturated rings. The Morgan fingerprint density at radius 1 is 0.840 bits per heavy atom. The Hall–Kier alpha value is -3.27. The van der Waals surface area contributed by atoms with E-state index in [0.717, 1.165) is 39.5 Å². The molecule has 1 aliphatic heterocycles. The Morgan fingerprint density at radius 3 is 2.32 bits per heavy atom. The highest BCUT2D eigenvalue weighted by atomic mass is 16.3. The van der Waals surface area contributed by atoms with Gasteiger partial charge in [-0.15, -0.1) is 0 Å². The van der Waals surface area contributed by atoms with Crippen molar-refractivity contribution in [3.05, 3.63) is 83.7 Å². The molecular weight excluding hydrogens is 310 g/mol. The van der Waals surface area contributed by atoms with Crippen LogP contribution in [0.1, 0.15) is 23.1 Å². The summed E-state index contributed by atoms with van der Waals surface area (Å²) in [5.74, 6) is 0.270. The molecule has 2 heterocycles. The van der Waals surface area contributed by atoms with Gasteiger partial charge in [0.2, 0.25) is 0 Å². The third kappa shape index (κ3) is 2.94. The van der Waals surface area contributed by atoms with Crippen LogP contribution in [0, 0.1) is 6.92 Å². The SMILES string of the molecule is Cc1cccc(C2=Nc3ccccc3N=C(c3cccnc3)C2)c1O. The van der Waals surface area contributed by atoms with Crippen molar-refractivity contribution in [1.82, 2.24) is 4.98 Å². The summed E-state index contributed by atoms with van der Waals surface area (Å²) in [6.45, 7) is 1.89. The lowest BCUT2D eigenvalue weighted by molar-refractivity contribution is 0.470. The smallest absolute Gasteiger partial charge is 0.127 e. The Kier molecular flexibility index (Phi) is 3.86. The Balaban J connectivity index is 1.90. The van der Waals surface area contributed by atoms with E-state index < -0.39 is 0 Å². The largest absolute Gasteiger partial charge is 0.507 e. The summed E-state index contributed by atoms with van der Waals surface area (Å²) in [4.78, 5) is 13.8. The molecule has 25 heavy (non-hydrogen) atoms. The highest BCUT2D eigenvalue weighted by molar-refractivity contribution is 6.21. The van der Waals surface area contributed by atoms with Gasteiger partial charge in [0, 0.05) is 29.9 Å². The minimum atomic E-state index is 0.270. The first kappa shape index (κ1) is 15.3. The summed E-state index contributed by atoms with van der Waals surface area (Å²) in [6.07, 6.45) is 4.08. The van der Waals surface area contributed by atoms with Crippen molar-refractivity contribution >= 4 is 22.8 Å². The molecule has 0 unspecified atom stereocenters. The molecule has 3 aromatic rings. The number of phenols is 1. The van der Waals surface area contributed by atoms with E-state index in [9.17, 15) is 5.11 Å². The average Bonchev–Trinajstić information content (AvgIpc) is 2.84. The molecule has 0 bridgehead atoms. The first-order valence-corrected chi connectivity index (χ1v) is 8.16. The Morgan fingerprint density at radius 2 is 1.60 bits per heavy atom. The highest BCUT2D eigenvalue weighted by Crippen LogP contribution is 2.34. The van der Waals surface area contributed by atoms with Crippen molar-refractivity contribution in [1.29, 1.82) is 0 Å². The number of phenolic OH excluding ortho intramolecular Hbond substituents is 1. The summed E-state index contributed by atoms with van der Waals surface area (Å²) < 4.78 is 0. The van der Waals surface area contributed by atoms with Gasteiger partial charge < -0.3 is 5.11 Å². The second-order valence-corrected chi connectivity index (χ2v) is 6.00. The highest BCUT2D eigenvalue weighted by Gasteiger charge is 2.19. The number of aliphatic imine (C=N–C) groups is 2. The van der Waals surface area contributed by atoms with Crippen LogP contribution in [0.25, 0.3) is 0 Å². The van der Waals surface area contributed by atoms with Crippen LogP contribution in [-0.4, -0.2) is 21.5 Å². The first-order chi connectivity index (χ1) is 12.2. The van der Waals surface area contributed by atoms with Crippen molar-refractivity contribution in [2.75, 3.05) is 0 Å². The number of para-hydroxylation sites is 3. The van der Waals surface area contributed by atoms with E-state index in [1.807, 2.05) is 61.5 Å². The fraction of sp³-hybridized carbons (Fsp3) is 0.0952. The molecule has 0 radical (unpaired) electrons. The number of pyridine rings is 1. The van der Waals surface area contributed by atoms with Crippen LogP contribution >= 0.6 is 0 Å². The average molecular weight is 327 g/mol. The minimum Gasteiger partial charge on any atom is -0.507 e. The van der Waals surface area contributed by atoms with Crippen molar-refractivity contribution in [3.63, 3.8) is 0 Å². The van der Waals surface area contributed by atoms with Gasteiger partial charge in [-0.2, -0.15) is 0 Å². The van der Waals surface area contributed by atoms with Crippen LogP contribution in [0.15, 0.2) is 77.0 Å². The van der Waals surface area contributed by atoms with Crippen LogP contribution < -0.4 is 0 Å². The van der Waals surface area contributed by atoms with Crippen molar-refractivity contribution in [2.24, 2.45) is 9.98 Å². The summed E-state index contributed by atoms with van der Waals surface area (Å²) in [6, 6.07) is 17.4. The lowest BCUT2D eigenvalue weighted by Gasteiger charge is -2.10. The molecule has 4 nitrogen and oxygen atoms in total. The van der Waals surface area contributed by atoms with Gasteiger partial charge in [-0.3, -0.25) is 15.0 Å². The number of rotatable bonds is 2. The quantitative estimate of drug-likeness (QED) is 0.739. The summed E-state index contributed by atoms with van der Waals surface area (Å²) in [5, 5.41) is 10.5. The van der Waals surface area contributed by atoms with Crippen LogP contribution in [0.3, 0.4) is 0 Å². The molecule has 1 aliphatic rings. The predicted octanol–water partition coefficient (Wildman–Crippen LogP) is 4.74. The predicted molar refractivity (Wildman–Crippen MR) is 101 cm³/mol. The normalized spacial score (nSPS) is 13.5. The van der Waals surface area contributed by atoms with Gasteiger partial charge in [0.05, 0.1) is 22.8 Å². The van der Waals surface area contributed by atoms with Gasteiger partial charge in [-0.1, -0.05) is 30.3 Å². The number of aryl methyl sites for hydroxylation is 1.